The maximum Gasteiger partial charge on any atom is 0.222 e. The SMILES string of the molecule is CC/C=C(\C)Nc1nc(N)ncc1OCc1cn2ccccc2n1. The van der Waals surface area contributed by atoms with Gasteiger partial charge in [-0.1, -0.05) is 19.1 Å². The molecule has 0 atom stereocenters. The highest BCUT2D eigenvalue weighted by atomic mass is 16.5. The molecule has 0 aliphatic heterocycles. The van der Waals surface area contributed by atoms with Crippen LogP contribution in [0.1, 0.15) is 26.0 Å². The summed E-state index contributed by atoms with van der Waals surface area (Å²) >= 11 is 0. The molecule has 7 nitrogen and oxygen atoms in total. The smallest absolute Gasteiger partial charge is 0.222 e. The number of rotatable bonds is 6. The van der Waals surface area contributed by atoms with Gasteiger partial charge < -0.3 is 20.2 Å². The highest BCUT2D eigenvalue weighted by Crippen LogP contribution is 2.24. The maximum atomic E-state index is 5.84. The summed E-state index contributed by atoms with van der Waals surface area (Å²) in [6.45, 7) is 4.36. The standard InChI is InChI=1S/C17H20N6O/c1-3-6-12(2)20-16-14(9-19-17(18)22-16)24-11-13-10-23-8-5-4-7-15(23)21-13/h4-10H,3,11H2,1-2H3,(H3,18,19,20,22)/b12-6+. The predicted molar refractivity (Wildman–Crippen MR) is 93.6 cm³/mol. The van der Waals surface area contributed by atoms with Gasteiger partial charge in [0.25, 0.3) is 0 Å². The van der Waals surface area contributed by atoms with Crippen molar-refractivity contribution in [1.82, 2.24) is 19.4 Å². The van der Waals surface area contributed by atoms with E-state index in [1.165, 1.54) is 0 Å². The molecular weight excluding hydrogens is 304 g/mol. The lowest BCUT2D eigenvalue weighted by Crippen LogP contribution is -2.06. The van der Waals surface area contributed by atoms with Crippen molar-refractivity contribution in [2.45, 2.75) is 26.9 Å². The Morgan fingerprint density at radius 2 is 2.25 bits per heavy atom. The van der Waals surface area contributed by atoms with Gasteiger partial charge in [-0.25, -0.2) is 9.97 Å². The van der Waals surface area contributed by atoms with E-state index in [-0.39, 0.29) is 5.95 Å². The van der Waals surface area contributed by atoms with Crippen LogP contribution in [-0.4, -0.2) is 19.4 Å². The van der Waals surface area contributed by atoms with Gasteiger partial charge in [0.1, 0.15) is 12.3 Å². The molecule has 0 bridgehead atoms. The number of pyridine rings is 1. The fraction of sp³-hybridized carbons (Fsp3) is 0.235. The van der Waals surface area contributed by atoms with E-state index in [9.17, 15) is 0 Å². The maximum absolute atomic E-state index is 5.84. The lowest BCUT2D eigenvalue weighted by Gasteiger charge is -2.12. The quantitative estimate of drug-likeness (QED) is 0.724. The summed E-state index contributed by atoms with van der Waals surface area (Å²) in [5.74, 6) is 1.28. The van der Waals surface area contributed by atoms with Crippen molar-refractivity contribution < 1.29 is 4.74 Å². The molecule has 3 aromatic rings. The molecule has 3 N–H and O–H groups in total. The van der Waals surface area contributed by atoms with Crippen LogP contribution < -0.4 is 15.8 Å². The van der Waals surface area contributed by atoms with Crippen molar-refractivity contribution >= 4 is 17.4 Å². The van der Waals surface area contributed by atoms with E-state index in [0.717, 1.165) is 23.5 Å². The van der Waals surface area contributed by atoms with Gasteiger partial charge in [-0.15, -0.1) is 0 Å². The summed E-state index contributed by atoms with van der Waals surface area (Å²) in [5.41, 5.74) is 8.37. The van der Waals surface area contributed by atoms with Crippen LogP contribution >= 0.6 is 0 Å². The Kier molecular flexibility index (Phi) is 4.60. The van der Waals surface area contributed by atoms with E-state index in [1.807, 2.05) is 41.9 Å². The normalized spacial score (nSPS) is 11.7. The summed E-state index contributed by atoms with van der Waals surface area (Å²) in [6.07, 6.45) is 8.44. The van der Waals surface area contributed by atoms with E-state index >= 15 is 0 Å². The second-order valence-corrected chi connectivity index (χ2v) is 5.35. The number of nitrogens with two attached hydrogens (primary N) is 1. The average molecular weight is 324 g/mol. The van der Waals surface area contributed by atoms with Crippen LogP contribution in [0.3, 0.4) is 0 Å². The Morgan fingerprint density at radius 3 is 3.04 bits per heavy atom. The Hall–Kier alpha value is -3.09. The number of allylic oxidation sites excluding steroid dienone is 2. The van der Waals surface area contributed by atoms with Gasteiger partial charge in [-0.3, -0.25) is 0 Å². The van der Waals surface area contributed by atoms with E-state index in [0.29, 0.717) is 18.2 Å². The minimum absolute atomic E-state index is 0.196. The molecule has 0 saturated carbocycles. The molecule has 3 heterocycles. The van der Waals surface area contributed by atoms with Gasteiger partial charge in [0.05, 0.1) is 11.9 Å². The summed E-state index contributed by atoms with van der Waals surface area (Å²) in [4.78, 5) is 12.7. The lowest BCUT2D eigenvalue weighted by atomic mass is 10.3. The zero-order valence-corrected chi connectivity index (χ0v) is 13.7. The number of hydrogen-bond acceptors (Lipinski definition) is 6. The minimum atomic E-state index is 0.196. The monoisotopic (exact) mass is 324 g/mol. The molecule has 0 spiro atoms. The van der Waals surface area contributed by atoms with Crippen molar-refractivity contribution in [3.8, 4) is 5.75 Å². The summed E-state index contributed by atoms with van der Waals surface area (Å²) in [5, 5.41) is 3.19. The molecule has 0 aliphatic carbocycles. The molecule has 7 heteroatoms. The highest BCUT2D eigenvalue weighted by molar-refractivity contribution is 5.54. The first-order valence-corrected chi connectivity index (χ1v) is 7.77. The Balaban J connectivity index is 1.77. The van der Waals surface area contributed by atoms with E-state index < -0.39 is 0 Å². The molecule has 0 aromatic carbocycles. The summed E-state index contributed by atoms with van der Waals surface area (Å²) in [7, 11) is 0. The molecule has 0 fully saturated rings. The fourth-order valence-electron chi connectivity index (χ4n) is 2.33. The second-order valence-electron chi connectivity index (χ2n) is 5.35. The van der Waals surface area contributed by atoms with Crippen molar-refractivity contribution in [3.05, 3.63) is 54.3 Å². The van der Waals surface area contributed by atoms with Gasteiger partial charge >= 0.3 is 0 Å². The van der Waals surface area contributed by atoms with E-state index in [4.69, 9.17) is 10.5 Å². The Labute approximate surface area is 140 Å². The van der Waals surface area contributed by atoms with Gasteiger partial charge in [0.15, 0.2) is 11.6 Å². The Morgan fingerprint density at radius 1 is 1.38 bits per heavy atom. The third kappa shape index (κ3) is 3.62. The molecular formula is C17H20N6O. The van der Waals surface area contributed by atoms with Crippen LogP contribution in [0, 0.1) is 0 Å². The molecule has 0 saturated heterocycles. The van der Waals surface area contributed by atoms with Crippen LogP contribution in [0.2, 0.25) is 0 Å². The molecule has 0 aliphatic rings. The van der Waals surface area contributed by atoms with Crippen molar-refractivity contribution in [2.75, 3.05) is 11.1 Å². The fourth-order valence-corrected chi connectivity index (χ4v) is 2.33. The predicted octanol–water partition coefficient (Wildman–Crippen LogP) is 3.01. The third-order valence-corrected chi connectivity index (χ3v) is 3.39. The second kappa shape index (κ2) is 6.99. The third-order valence-electron chi connectivity index (χ3n) is 3.39. The van der Waals surface area contributed by atoms with Gasteiger partial charge in [-0.2, -0.15) is 4.98 Å². The molecule has 24 heavy (non-hydrogen) atoms. The molecule has 3 aromatic heterocycles. The molecule has 3 rings (SSSR count). The number of fused-ring (bicyclic) bond motifs is 1. The first-order valence-electron chi connectivity index (χ1n) is 7.77. The highest BCUT2D eigenvalue weighted by Gasteiger charge is 2.09. The molecule has 0 unspecified atom stereocenters. The van der Waals surface area contributed by atoms with E-state index in [1.54, 1.807) is 6.20 Å². The average Bonchev–Trinajstić information content (AvgIpc) is 2.97. The van der Waals surface area contributed by atoms with Gasteiger partial charge in [0.2, 0.25) is 5.95 Å². The van der Waals surface area contributed by atoms with Crippen LogP contribution in [0.15, 0.2) is 48.6 Å². The zero-order chi connectivity index (χ0) is 16.9. The van der Waals surface area contributed by atoms with Gasteiger partial charge in [0, 0.05) is 18.1 Å². The number of aromatic nitrogens is 4. The lowest BCUT2D eigenvalue weighted by molar-refractivity contribution is 0.301. The number of nitrogens with zero attached hydrogens (tertiary/aromatic N) is 4. The Bertz CT molecular complexity index is 837. The van der Waals surface area contributed by atoms with Crippen LogP contribution in [0.4, 0.5) is 11.8 Å². The molecule has 124 valence electrons. The number of nitrogen functional groups attached to an aromatic ring is 1. The van der Waals surface area contributed by atoms with Crippen molar-refractivity contribution in [3.63, 3.8) is 0 Å². The first-order chi connectivity index (χ1) is 11.7. The first kappa shape index (κ1) is 15.8. The zero-order valence-electron chi connectivity index (χ0n) is 13.7. The number of anilines is 2. The van der Waals surface area contributed by atoms with Crippen LogP contribution in [0.25, 0.3) is 5.65 Å². The number of hydrogen-bond donors (Lipinski definition) is 2. The minimum Gasteiger partial charge on any atom is -0.482 e. The summed E-state index contributed by atoms with van der Waals surface area (Å²) < 4.78 is 7.79. The number of ether oxygens (including phenoxy) is 1. The molecule has 0 radical (unpaired) electrons. The summed E-state index contributed by atoms with van der Waals surface area (Å²) in [6, 6.07) is 5.85. The van der Waals surface area contributed by atoms with Crippen LogP contribution in [-0.2, 0) is 6.61 Å². The number of nitrogens with one attached hydrogen (secondary N) is 1. The van der Waals surface area contributed by atoms with Crippen molar-refractivity contribution in [1.29, 1.82) is 0 Å². The topological polar surface area (TPSA) is 90.4 Å². The van der Waals surface area contributed by atoms with Gasteiger partial charge in [-0.05, 0) is 25.5 Å². The molecule has 0 amide bonds. The van der Waals surface area contributed by atoms with E-state index in [2.05, 4.69) is 33.3 Å². The largest absolute Gasteiger partial charge is 0.482 e. The van der Waals surface area contributed by atoms with Crippen molar-refractivity contribution in [2.24, 2.45) is 0 Å². The van der Waals surface area contributed by atoms with Crippen LogP contribution in [0.5, 0.6) is 5.75 Å². The number of imidazole rings is 1.